The number of likely N-dealkylation sites (tertiary alicyclic amines) is 1. The van der Waals surface area contributed by atoms with Crippen molar-refractivity contribution in [1.29, 1.82) is 0 Å². The van der Waals surface area contributed by atoms with Crippen LogP contribution in [-0.2, 0) is 16.1 Å². The molecule has 0 N–H and O–H groups in total. The first-order valence-corrected chi connectivity index (χ1v) is 6.72. The van der Waals surface area contributed by atoms with Crippen molar-refractivity contribution in [3.05, 3.63) is 34.6 Å². The summed E-state index contributed by atoms with van der Waals surface area (Å²) in [5.74, 6) is -0.580. The third-order valence-electron chi connectivity index (χ3n) is 3.45. The van der Waals surface area contributed by atoms with Crippen LogP contribution in [0.5, 0.6) is 0 Å². The highest BCUT2D eigenvalue weighted by molar-refractivity contribution is 6.30. The summed E-state index contributed by atoms with van der Waals surface area (Å²) >= 11 is 5.73. The molecule has 1 atom stereocenters. The van der Waals surface area contributed by atoms with Crippen LogP contribution in [-0.4, -0.2) is 31.1 Å². The van der Waals surface area contributed by atoms with Gasteiger partial charge in [0, 0.05) is 23.7 Å². The van der Waals surface area contributed by atoms with Crippen molar-refractivity contribution in [1.82, 2.24) is 4.90 Å². The molecule has 0 unspecified atom stereocenters. The molecule has 0 amide bonds. The maximum atomic E-state index is 13.7. The molecule has 1 fully saturated rings. The van der Waals surface area contributed by atoms with Crippen molar-refractivity contribution in [2.75, 3.05) is 20.2 Å². The molecule has 104 valence electrons. The van der Waals surface area contributed by atoms with Crippen molar-refractivity contribution < 1.29 is 13.9 Å². The van der Waals surface area contributed by atoms with Crippen molar-refractivity contribution >= 4 is 17.6 Å². The Bertz CT molecular complexity index is 467. The van der Waals surface area contributed by atoms with Crippen molar-refractivity contribution in [2.45, 2.75) is 19.4 Å². The molecule has 19 heavy (non-hydrogen) atoms. The van der Waals surface area contributed by atoms with E-state index in [9.17, 15) is 9.18 Å². The van der Waals surface area contributed by atoms with E-state index in [-0.39, 0.29) is 17.7 Å². The zero-order valence-electron chi connectivity index (χ0n) is 10.9. The van der Waals surface area contributed by atoms with Crippen molar-refractivity contribution in [3.8, 4) is 0 Å². The molecular weight excluding hydrogens is 269 g/mol. The van der Waals surface area contributed by atoms with Gasteiger partial charge in [0.2, 0.25) is 0 Å². The quantitative estimate of drug-likeness (QED) is 0.800. The first kappa shape index (κ1) is 14.3. The summed E-state index contributed by atoms with van der Waals surface area (Å²) in [6.45, 7) is 1.99. The summed E-state index contributed by atoms with van der Waals surface area (Å²) in [4.78, 5) is 13.6. The Morgan fingerprint density at radius 1 is 1.58 bits per heavy atom. The van der Waals surface area contributed by atoms with Crippen LogP contribution in [0.15, 0.2) is 18.2 Å². The van der Waals surface area contributed by atoms with Gasteiger partial charge in [-0.15, -0.1) is 0 Å². The van der Waals surface area contributed by atoms with Gasteiger partial charge >= 0.3 is 5.97 Å². The predicted octanol–water partition coefficient (Wildman–Crippen LogP) is 2.86. The number of halogens is 2. The number of methoxy groups -OCH3 is 1. The highest BCUT2D eigenvalue weighted by atomic mass is 35.5. The number of benzene rings is 1. The molecular formula is C14H17ClFNO2. The molecule has 1 aliphatic heterocycles. The van der Waals surface area contributed by atoms with Gasteiger partial charge in [0.25, 0.3) is 0 Å². The third kappa shape index (κ3) is 3.67. The van der Waals surface area contributed by atoms with Crippen LogP contribution >= 0.6 is 11.6 Å². The third-order valence-corrected chi connectivity index (χ3v) is 3.68. The molecule has 1 heterocycles. The van der Waals surface area contributed by atoms with E-state index in [0.717, 1.165) is 19.4 Å². The Labute approximate surface area is 117 Å². The molecule has 0 aromatic heterocycles. The lowest BCUT2D eigenvalue weighted by Crippen LogP contribution is -2.38. The lowest BCUT2D eigenvalue weighted by atomic mass is 9.98. The largest absolute Gasteiger partial charge is 0.469 e. The average molecular weight is 286 g/mol. The van der Waals surface area contributed by atoms with Gasteiger partial charge in [-0.05, 0) is 31.5 Å². The summed E-state index contributed by atoms with van der Waals surface area (Å²) in [6, 6.07) is 4.69. The standard InChI is InChI=1S/C14H17ClFNO2/c1-19-14(18)11-3-2-6-17(9-11)8-10-4-5-12(15)7-13(10)16/h4-5,7,11H,2-3,6,8-9H2,1H3/t11-/m0/s1. The fourth-order valence-electron chi connectivity index (χ4n) is 2.45. The van der Waals surface area contributed by atoms with Crippen LogP contribution in [0.25, 0.3) is 0 Å². The molecule has 5 heteroatoms. The van der Waals surface area contributed by atoms with E-state index < -0.39 is 0 Å². The lowest BCUT2D eigenvalue weighted by molar-refractivity contribution is -0.147. The predicted molar refractivity (Wildman–Crippen MR) is 71.4 cm³/mol. The molecule has 0 radical (unpaired) electrons. The molecule has 2 rings (SSSR count). The molecule has 0 saturated carbocycles. The van der Waals surface area contributed by atoms with Crippen LogP contribution in [0.1, 0.15) is 18.4 Å². The number of piperidine rings is 1. The molecule has 1 aliphatic rings. The van der Waals surface area contributed by atoms with Crippen LogP contribution in [0.4, 0.5) is 4.39 Å². The number of ether oxygens (including phenoxy) is 1. The minimum atomic E-state index is -0.298. The highest BCUT2D eigenvalue weighted by Gasteiger charge is 2.26. The molecule has 1 saturated heterocycles. The van der Waals surface area contributed by atoms with Crippen LogP contribution in [0.3, 0.4) is 0 Å². The number of nitrogens with zero attached hydrogens (tertiary/aromatic N) is 1. The fraction of sp³-hybridized carbons (Fsp3) is 0.500. The second-order valence-corrected chi connectivity index (χ2v) is 5.27. The number of hydrogen-bond acceptors (Lipinski definition) is 3. The Morgan fingerprint density at radius 2 is 2.37 bits per heavy atom. The monoisotopic (exact) mass is 285 g/mol. The van der Waals surface area contributed by atoms with Crippen molar-refractivity contribution in [3.63, 3.8) is 0 Å². The molecule has 0 aliphatic carbocycles. The topological polar surface area (TPSA) is 29.5 Å². The van der Waals surface area contributed by atoms with Crippen molar-refractivity contribution in [2.24, 2.45) is 5.92 Å². The Balaban J connectivity index is 2.00. The number of rotatable bonds is 3. The second kappa shape index (κ2) is 6.35. The van der Waals surface area contributed by atoms with Gasteiger partial charge in [-0.1, -0.05) is 17.7 Å². The highest BCUT2D eigenvalue weighted by Crippen LogP contribution is 2.21. The Morgan fingerprint density at radius 3 is 3.05 bits per heavy atom. The van der Waals surface area contributed by atoms with Gasteiger partial charge in [0.1, 0.15) is 5.82 Å². The molecule has 1 aromatic carbocycles. The molecule has 0 spiro atoms. The summed E-state index contributed by atoms with van der Waals surface area (Å²) in [5, 5.41) is 0.396. The zero-order chi connectivity index (χ0) is 13.8. The van der Waals surface area contributed by atoms with Crippen LogP contribution in [0, 0.1) is 11.7 Å². The number of carbonyl (C=O) groups is 1. The van der Waals surface area contributed by atoms with Gasteiger partial charge in [-0.3, -0.25) is 9.69 Å². The smallest absolute Gasteiger partial charge is 0.309 e. The Kier molecular flexibility index (Phi) is 4.77. The summed E-state index contributed by atoms with van der Waals surface area (Å²) in [7, 11) is 1.40. The maximum absolute atomic E-state index is 13.7. The van der Waals surface area contributed by atoms with E-state index >= 15 is 0 Å². The summed E-state index contributed by atoms with van der Waals surface area (Å²) < 4.78 is 18.5. The zero-order valence-corrected chi connectivity index (χ0v) is 11.6. The van der Waals surface area contributed by atoms with Crippen LogP contribution in [0.2, 0.25) is 5.02 Å². The first-order chi connectivity index (χ1) is 9.10. The van der Waals surface area contributed by atoms with Crippen LogP contribution < -0.4 is 0 Å². The van der Waals surface area contributed by atoms with E-state index in [2.05, 4.69) is 4.90 Å². The fourth-order valence-corrected chi connectivity index (χ4v) is 2.61. The normalized spacial score (nSPS) is 20.3. The Hall–Kier alpha value is -1.13. The van der Waals surface area contributed by atoms with Gasteiger partial charge in [-0.2, -0.15) is 0 Å². The van der Waals surface area contributed by atoms with E-state index in [1.165, 1.54) is 13.2 Å². The summed E-state index contributed by atoms with van der Waals surface area (Å²) in [5.41, 5.74) is 0.606. The summed E-state index contributed by atoms with van der Waals surface area (Å²) in [6.07, 6.45) is 1.77. The minimum absolute atomic E-state index is 0.103. The molecule has 1 aromatic rings. The molecule has 0 bridgehead atoms. The van der Waals surface area contributed by atoms with Gasteiger partial charge in [0.05, 0.1) is 13.0 Å². The van der Waals surface area contributed by atoms with E-state index in [1.54, 1.807) is 12.1 Å². The lowest BCUT2D eigenvalue weighted by Gasteiger charge is -2.31. The van der Waals surface area contributed by atoms with Gasteiger partial charge in [0.15, 0.2) is 0 Å². The molecule has 3 nitrogen and oxygen atoms in total. The maximum Gasteiger partial charge on any atom is 0.309 e. The van der Waals surface area contributed by atoms with Gasteiger partial charge < -0.3 is 4.74 Å². The number of esters is 1. The van der Waals surface area contributed by atoms with E-state index in [4.69, 9.17) is 16.3 Å². The SMILES string of the molecule is COC(=O)[C@H]1CCCN(Cc2ccc(Cl)cc2F)C1. The minimum Gasteiger partial charge on any atom is -0.469 e. The van der Waals surface area contributed by atoms with Gasteiger partial charge in [-0.25, -0.2) is 4.39 Å². The second-order valence-electron chi connectivity index (χ2n) is 4.83. The van der Waals surface area contributed by atoms with E-state index in [0.29, 0.717) is 23.7 Å². The number of carbonyl (C=O) groups excluding carboxylic acids is 1. The number of hydrogen-bond donors (Lipinski definition) is 0. The average Bonchev–Trinajstić information content (AvgIpc) is 2.41. The van der Waals surface area contributed by atoms with E-state index in [1.807, 2.05) is 0 Å². The first-order valence-electron chi connectivity index (χ1n) is 6.34.